The van der Waals surface area contributed by atoms with Crippen LogP contribution in [0.15, 0.2) is 46.1 Å². The van der Waals surface area contributed by atoms with Crippen LogP contribution in [0, 0.1) is 0 Å². The lowest BCUT2D eigenvalue weighted by atomic mass is 9.77. The summed E-state index contributed by atoms with van der Waals surface area (Å²) in [5.41, 5.74) is -2.92. The molecule has 0 radical (unpaired) electrons. The number of alkyl halides is 3. The minimum Gasteiger partial charge on any atom is -0.386 e. The van der Waals surface area contributed by atoms with E-state index in [0.717, 1.165) is 4.57 Å². The number of nitrogens with one attached hydrogen (secondary N) is 1. The van der Waals surface area contributed by atoms with Crippen LogP contribution in [-0.2, 0) is 22.3 Å². The van der Waals surface area contributed by atoms with E-state index in [4.69, 9.17) is 4.74 Å². The van der Waals surface area contributed by atoms with Crippen molar-refractivity contribution in [1.29, 1.82) is 0 Å². The average Bonchev–Trinajstić information content (AvgIpc) is 3.21. The van der Waals surface area contributed by atoms with Crippen molar-refractivity contribution < 1.29 is 27.8 Å². The number of aromatic nitrogens is 4. The lowest BCUT2D eigenvalue weighted by molar-refractivity contribution is -0.202. The first-order valence-electron chi connectivity index (χ1n) is 11.9. The summed E-state index contributed by atoms with van der Waals surface area (Å²) in [5.74, 6) is -1.60. The van der Waals surface area contributed by atoms with Gasteiger partial charge in [-0.2, -0.15) is 13.2 Å². The number of aromatic amines is 1. The van der Waals surface area contributed by atoms with E-state index in [9.17, 15) is 32.7 Å². The molecule has 37 heavy (non-hydrogen) atoms. The largest absolute Gasteiger partial charge is 0.449 e. The number of halogens is 3. The Hall–Kier alpha value is -3.45. The van der Waals surface area contributed by atoms with Crippen LogP contribution in [0.3, 0.4) is 0 Å². The fourth-order valence-electron chi connectivity index (χ4n) is 5.30. The van der Waals surface area contributed by atoms with Gasteiger partial charge in [0.05, 0.1) is 29.3 Å². The summed E-state index contributed by atoms with van der Waals surface area (Å²) < 4.78 is 49.1. The maximum absolute atomic E-state index is 13.6. The molecule has 13 heteroatoms. The van der Waals surface area contributed by atoms with Gasteiger partial charge in [0.1, 0.15) is 12.1 Å². The number of carbonyl (C=O) groups excluding carboxylic acids is 1. The Morgan fingerprint density at radius 2 is 1.92 bits per heavy atom. The van der Waals surface area contributed by atoms with Crippen LogP contribution in [0.1, 0.15) is 38.1 Å². The van der Waals surface area contributed by atoms with Crippen molar-refractivity contribution >= 4 is 16.9 Å². The molecule has 4 heterocycles. The molecule has 1 spiro atoms. The van der Waals surface area contributed by atoms with E-state index in [0.29, 0.717) is 12.8 Å². The molecule has 0 aliphatic carbocycles. The van der Waals surface area contributed by atoms with Crippen LogP contribution in [0.25, 0.3) is 11.0 Å². The number of amides is 1. The first-order valence-corrected chi connectivity index (χ1v) is 11.9. The molecule has 0 bridgehead atoms. The molecule has 198 valence electrons. The maximum atomic E-state index is 13.6. The third-order valence-corrected chi connectivity index (χ3v) is 7.37. The molecule has 2 aliphatic heterocycles. The van der Waals surface area contributed by atoms with E-state index in [2.05, 4.69) is 9.97 Å². The molecule has 2 fully saturated rings. The van der Waals surface area contributed by atoms with Gasteiger partial charge < -0.3 is 19.3 Å². The van der Waals surface area contributed by atoms with E-state index in [1.54, 1.807) is 19.1 Å². The van der Waals surface area contributed by atoms with Gasteiger partial charge in [0, 0.05) is 31.8 Å². The normalized spacial score (nSPS) is 24.0. The van der Waals surface area contributed by atoms with E-state index < -0.39 is 52.9 Å². The minimum atomic E-state index is -4.72. The Labute approximate surface area is 208 Å². The maximum Gasteiger partial charge on any atom is 0.449 e. The second kappa shape index (κ2) is 8.84. The van der Waals surface area contributed by atoms with Gasteiger partial charge in [-0.05, 0) is 31.9 Å². The zero-order chi connectivity index (χ0) is 26.6. The highest BCUT2D eigenvalue weighted by Gasteiger charge is 2.50. The zero-order valence-corrected chi connectivity index (χ0v) is 20.0. The van der Waals surface area contributed by atoms with Gasteiger partial charge in [-0.15, -0.1) is 0 Å². The zero-order valence-electron chi connectivity index (χ0n) is 20.0. The minimum absolute atomic E-state index is 0.0624. The Bertz CT molecular complexity index is 1450. The third-order valence-electron chi connectivity index (χ3n) is 7.37. The topological polar surface area (TPSA) is 122 Å². The summed E-state index contributed by atoms with van der Waals surface area (Å²) in [6, 6.07) is 6.67. The Balaban J connectivity index is 1.32. The van der Waals surface area contributed by atoms with Gasteiger partial charge in [-0.25, -0.2) is 9.78 Å². The first-order chi connectivity index (χ1) is 17.4. The van der Waals surface area contributed by atoms with Crippen molar-refractivity contribution in [3.8, 4) is 0 Å². The highest BCUT2D eigenvalue weighted by Crippen LogP contribution is 2.43. The number of H-pyrrole nitrogens is 1. The number of ether oxygens (including phenoxy) is 1. The van der Waals surface area contributed by atoms with Crippen molar-refractivity contribution in [1.82, 2.24) is 24.0 Å². The number of rotatable bonds is 3. The average molecular weight is 521 g/mol. The quantitative estimate of drug-likeness (QED) is 0.541. The molecule has 2 aromatic heterocycles. The second-order valence-electron chi connectivity index (χ2n) is 9.96. The van der Waals surface area contributed by atoms with Gasteiger partial charge in [0.2, 0.25) is 11.7 Å². The predicted molar refractivity (Wildman–Crippen MR) is 125 cm³/mol. The van der Waals surface area contributed by atoms with Crippen molar-refractivity contribution in [2.45, 2.75) is 56.2 Å². The van der Waals surface area contributed by atoms with E-state index in [-0.39, 0.29) is 37.2 Å². The number of nitrogens with zero attached hydrogens (tertiary/aromatic N) is 4. The molecular formula is C24H26F3N5O5. The van der Waals surface area contributed by atoms with Crippen LogP contribution in [0.4, 0.5) is 13.2 Å². The third kappa shape index (κ3) is 4.68. The number of fused-ring (bicyclic) bond motifs is 1. The standard InChI is InChI=1S/C24H26F3N5O5/c1-22(36)14-37-23(12-17(22)31-9-6-18(33)29-21(31)35)7-10-30(11-8-23)19(34)13-32-16-5-3-2-4-15(16)28-20(32)24(25,26)27/h2-6,9,17,36H,7-8,10-14H2,1H3,(H,29,33,35)/t17-,22-/m0/s1. The Kier molecular flexibility index (Phi) is 6.02. The predicted octanol–water partition coefficient (Wildman–Crippen LogP) is 1.68. The number of hydrogen-bond acceptors (Lipinski definition) is 6. The molecule has 0 saturated carbocycles. The monoisotopic (exact) mass is 521 g/mol. The fourth-order valence-corrected chi connectivity index (χ4v) is 5.30. The SMILES string of the molecule is C[C@]1(O)COC2(CCN(C(=O)Cn3c(C(F)(F)F)nc4ccccc43)CC2)C[C@@H]1n1ccc(=O)[nH]c1=O. The lowest BCUT2D eigenvalue weighted by Gasteiger charge is -2.51. The number of hydrogen-bond donors (Lipinski definition) is 2. The van der Waals surface area contributed by atoms with E-state index in [1.165, 1.54) is 33.9 Å². The number of imidazole rings is 1. The van der Waals surface area contributed by atoms with Crippen molar-refractivity contribution in [3.63, 3.8) is 0 Å². The summed E-state index contributed by atoms with van der Waals surface area (Å²) >= 11 is 0. The number of carbonyl (C=O) groups is 1. The van der Waals surface area contributed by atoms with Gasteiger partial charge in [0.25, 0.3) is 5.56 Å². The molecule has 5 rings (SSSR count). The Morgan fingerprint density at radius 3 is 2.59 bits per heavy atom. The lowest BCUT2D eigenvalue weighted by Crippen LogP contribution is -2.59. The van der Waals surface area contributed by atoms with Gasteiger partial charge >= 0.3 is 11.9 Å². The molecule has 3 aromatic rings. The summed E-state index contributed by atoms with van der Waals surface area (Å²) in [6.07, 6.45) is -2.36. The highest BCUT2D eigenvalue weighted by atomic mass is 19.4. The smallest absolute Gasteiger partial charge is 0.386 e. The van der Waals surface area contributed by atoms with E-state index >= 15 is 0 Å². The van der Waals surface area contributed by atoms with Crippen LogP contribution in [0.5, 0.6) is 0 Å². The fraction of sp³-hybridized carbons (Fsp3) is 0.500. The van der Waals surface area contributed by atoms with Crippen LogP contribution >= 0.6 is 0 Å². The molecule has 2 aliphatic rings. The van der Waals surface area contributed by atoms with Crippen LogP contribution in [-0.4, -0.2) is 65.9 Å². The number of piperidine rings is 1. The Morgan fingerprint density at radius 1 is 1.22 bits per heavy atom. The second-order valence-corrected chi connectivity index (χ2v) is 9.96. The summed E-state index contributed by atoms with van der Waals surface area (Å²) in [5, 5.41) is 10.9. The van der Waals surface area contributed by atoms with Gasteiger partial charge in [0.15, 0.2) is 0 Å². The summed E-state index contributed by atoms with van der Waals surface area (Å²) in [6.45, 7) is 1.46. The van der Waals surface area contributed by atoms with E-state index in [1.807, 2.05) is 0 Å². The van der Waals surface area contributed by atoms with Crippen molar-refractivity contribution in [3.05, 3.63) is 63.2 Å². The number of likely N-dealkylation sites (tertiary alicyclic amines) is 1. The van der Waals surface area contributed by atoms with Crippen LogP contribution in [0.2, 0.25) is 0 Å². The summed E-state index contributed by atoms with van der Waals surface area (Å²) in [7, 11) is 0. The van der Waals surface area contributed by atoms with Crippen molar-refractivity contribution in [2.75, 3.05) is 19.7 Å². The number of para-hydroxylation sites is 2. The molecule has 1 aromatic carbocycles. The molecular weight excluding hydrogens is 495 g/mol. The molecule has 10 nitrogen and oxygen atoms in total. The number of benzene rings is 1. The summed E-state index contributed by atoms with van der Waals surface area (Å²) in [4.78, 5) is 44.3. The van der Waals surface area contributed by atoms with Crippen molar-refractivity contribution in [2.24, 2.45) is 0 Å². The van der Waals surface area contributed by atoms with Gasteiger partial charge in [-0.3, -0.25) is 19.1 Å². The van der Waals surface area contributed by atoms with Crippen LogP contribution < -0.4 is 11.2 Å². The molecule has 0 unspecified atom stereocenters. The van der Waals surface area contributed by atoms with Gasteiger partial charge in [-0.1, -0.05) is 12.1 Å². The highest BCUT2D eigenvalue weighted by molar-refractivity contribution is 5.81. The molecule has 1 amide bonds. The molecule has 2 N–H and O–H groups in total. The first kappa shape index (κ1) is 25.2. The molecule has 2 atom stereocenters. The molecule has 2 saturated heterocycles. The number of aliphatic hydroxyl groups is 1.